The third-order valence-electron chi connectivity index (χ3n) is 3.80. The fraction of sp³-hybridized carbons (Fsp3) is 0.263. The maximum atomic E-state index is 12.5. The second-order valence-electron chi connectivity index (χ2n) is 5.54. The molecule has 0 radical (unpaired) electrons. The minimum Gasteiger partial charge on any atom is -0.496 e. The average molecular weight is 361 g/mol. The van der Waals surface area contributed by atoms with E-state index in [9.17, 15) is 9.59 Å². The molecule has 0 spiro atoms. The van der Waals surface area contributed by atoms with Gasteiger partial charge in [-0.1, -0.05) is 55.3 Å². The van der Waals surface area contributed by atoms with E-state index in [2.05, 4.69) is 10.9 Å². The van der Waals surface area contributed by atoms with Gasteiger partial charge in [-0.15, -0.1) is 0 Å². The summed E-state index contributed by atoms with van der Waals surface area (Å²) in [5.74, 6) is -0.699. The fourth-order valence-corrected chi connectivity index (χ4v) is 2.73. The predicted octanol–water partition coefficient (Wildman–Crippen LogP) is 3.69. The maximum Gasteiger partial charge on any atom is 0.273 e. The minimum atomic E-state index is -0.490. The quantitative estimate of drug-likeness (QED) is 0.772. The van der Waals surface area contributed by atoms with Crippen molar-refractivity contribution in [2.24, 2.45) is 0 Å². The lowest BCUT2D eigenvalue weighted by Gasteiger charge is -2.17. The maximum absolute atomic E-state index is 12.5. The lowest BCUT2D eigenvalue weighted by atomic mass is 9.94. The van der Waals surface area contributed by atoms with Gasteiger partial charge in [-0.25, -0.2) is 0 Å². The third-order valence-corrected chi connectivity index (χ3v) is 4.04. The van der Waals surface area contributed by atoms with E-state index in [1.165, 1.54) is 13.2 Å². The van der Waals surface area contributed by atoms with Gasteiger partial charge in [0.25, 0.3) is 5.91 Å². The van der Waals surface area contributed by atoms with Crippen molar-refractivity contribution in [3.05, 3.63) is 64.7 Å². The van der Waals surface area contributed by atoms with Crippen LogP contribution in [0.3, 0.4) is 0 Å². The van der Waals surface area contributed by atoms with Gasteiger partial charge < -0.3 is 4.74 Å². The first-order valence-corrected chi connectivity index (χ1v) is 8.43. The van der Waals surface area contributed by atoms with E-state index in [0.29, 0.717) is 17.2 Å². The van der Waals surface area contributed by atoms with Crippen molar-refractivity contribution in [2.45, 2.75) is 25.7 Å². The zero-order valence-corrected chi connectivity index (χ0v) is 15.0. The molecule has 2 aromatic rings. The Bertz CT molecular complexity index is 735. The standard InChI is InChI=1S/C19H21ClN2O3/c1-3-7-15(13-8-5-4-6-9-13)18(23)21-22-19(24)16-12-14(20)10-11-17(16)25-2/h4-6,8-12,15H,3,7H2,1-2H3,(H,21,23)(H,22,24)/t15-/m0/s1. The zero-order chi connectivity index (χ0) is 18.2. The van der Waals surface area contributed by atoms with Gasteiger partial charge in [-0.2, -0.15) is 0 Å². The van der Waals surface area contributed by atoms with E-state index < -0.39 is 5.91 Å². The second kappa shape index (κ2) is 9.08. The Hall–Kier alpha value is -2.53. The van der Waals surface area contributed by atoms with Crippen LogP contribution < -0.4 is 15.6 Å². The van der Waals surface area contributed by atoms with Crippen LogP contribution in [-0.2, 0) is 4.79 Å². The Morgan fingerprint density at radius 1 is 1.12 bits per heavy atom. The molecule has 0 aliphatic heterocycles. The SMILES string of the molecule is CCC[C@H](C(=O)NNC(=O)c1cc(Cl)ccc1OC)c1ccccc1. The van der Waals surface area contributed by atoms with Crippen LogP contribution in [0.25, 0.3) is 0 Å². The highest BCUT2D eigenvalue weighted by atomic mass is 35.5. The number of hydrogen-bond acceptors (Lipinski definition) is 3. The Morgan fingerprint density at radius 3 is 2.48 bits per heavy atom. The van der Waals surface area contributed by atoms with Gasteiger partial charge >= 0.3 is 0 Å². The lowest BCUT2D eigenvalue weighted by molar-refractivity contribution is -0.123. The molecule has 0 saturated heterocycles. The number of carbonyl (C=O) groups excluding carboxylic acids is 2. The molecule has 5 nitrogen and oxygen atoms in total. The number of halogens is 1. The summed E-state index contributed by atoms with van der Waals surface area (Å²) < 4.78 is 5.15. The molecule has 2 N–H and O–H groups in total. The van der Waals surface area contributed by atoms with Gasteiger partial charge in [-0.3, -0.25) is 20.4 Å². The number of benzene rings is 2. The Labute approximate surface area is 152 Å². The Kier molecular flexibility index (Phi) is 6.83. The molecule has 25 heavy (non-hydrogen) atoms. The van der Waals surface area contributed by atoms with E-state index in [-0.39, 0.29) is 17.4 Å². The van der Waals surface area contributed by atoms with Crippen molar-refractivity contribution >= 4 is 23.4 Å². The monoisotopic (exact) mass is 360 g/mol. The van der Waals surface area contributed by atoms with E-state index >= 15 is 0 Å². The highest BCUT2D eigenvalue weighted by molar-refractivity contribution is 6.31. The van der Waals surface area contributed by atoms with Crippen LogP contribution in [0.1, 0.15) is 41.6 Å². The number of nitrogens with one attached hydrogen (secondary N) is 2. The Balaban J connectivity index is 2.07. The molecular weight excluding hydrogens is 340 g/mol. The summed E-state index contributed by atoms with van der Waals surface area (Å²) >= 11 is 5.93. The summed E-state index contributed by atoms with van der Waals surface area (Å²) in [5.41, 5.74) is 6.10. The number of amides is 2. The van der Waals surface area contributed by atoms with Crippen LogP contribution in [0.4, 0.5) is 0 Å². The van der Waals surface area contributed by atoms with Gasteiger partial charge in [0.2, 0.25) is 5.91 Å². The smallest absolute Gasteiger partial charge is 0.273 e. The van der Waals surface area contributed by atoms with Crippen molar-refractivity contribution in [3.8, 4) is 5.75 Å². The molecule has 0 bridgehead atoms. The molecule has 0 heterocycles. The number of hydrogen-bond donors (Lipinski definition) is 2. The summed E-state index contributed by atoms with van der Waals surface area (Å²) in [4.78, 5) is 24.8. The van der Waals surface area contributed by atoms with Gasteiger partial charge in [0.05, 0.1) is 18.6 Å². The van der Waals surface area contributed by atoms with Crippen LogP contribution in [0.2, 0.25) is 5.02 Å². The molecule has 0 fully saturated rings. The van der Waals surface area contributed by atoms with Gasteiger partial charge in [0.15, 0.2) is 0 Å². The summed E-state index contributed by atoms with van der Waals surface area (Å²) in [7, 11) is 1.46. The third kappa shape index (κ3) is 4.97. The first kappa shape index (κ1) is 18.8. The van der Waals surface area contributed by atoms with Crippen molar-refractivity contribution in [1.82, 2.24) is 10.9 Å². The lowest BCUT2D eigenvalue weighted by Crippen LogP contribution is -2.44. The molecule has 0 unspecified atom stereocenters. The van der Waals surface area contributed by atoms with Gasteiger partial charge in [0.1, 0.15) is 5.75 Å². The summed E-state index contributed by atoms with van der Waals surface area (Å²) in [6.45, 7) is 2.01. The van der Waals surface area contributed by atoms with Crippen molar-refractivity contribution < 1.29 is 14.3 Å². The molecule has 0 saturated carbocycles. The highest BCUT2D eigenvalue weighted by Gasteiger charge is 2.21. The molecule has 2 aromatic carbocycles. The molecular formula is C19H21ClN2O3. The van der Waals surface area contributed by atoms with Crippen molar-refractivity contribution in [2.75, 3.05) is 7.11 Å². The molecule has 0 aliphatic carbocycles. The van der Waals surface area contributed by atoms with Crippen molar-refractivity contribution in [1.29, 1.82) is 0 Å². The number of hydrazine groups is 1. The minimum absolute atomic E-state index is 0.252. The topological polar surface area (TPSA) is 67.4 Å². The predicted molar refractivity (Wildman–Crippen MR) is 97.7 cm³/mol. The summed E-state index contributed by atoms with van der Waals surface area (Å²) in [5, 5.41) is 0.408. The normalized spacial score (nSPS) is 11.5. The average Bonchev–Trinajstić information content (AvgIpc) is 2.64. The number of carbonyl (C=O) groups is 2. The molecule has 2 amide bonds. The van der Waals surface area contributed by atoms with Crippen LogP contribution in [0.5, 0.6) is 5.75 Å². The molecule has 2 rings (SSSR count). The molecule has 132 valence electrons. The molecule has 0 aliphatic rings. The fourth-order valence-electron chi connectivity index (χ4n) is 2.55. The summed E-state index contributed by atoms with van der Waals surface area (Å²) in [6.07, 6.45) is 1.54. The van der Waals surface area contributed by atoms with E-state index in [1.807, 2.05) is 37.3 Å². The Morgan fingerprint density at radius 2 is 1.84 bits per heavy atom. The molecule has 6 heteroatoms. The number of rotatable bonds is 6. The number of methoxy groups -OCH3 is 1. The van der Waals surface area contributed by atoms with Crippen LogP contribution in [0.15, 0.2) is 48.5 Å². The van der Waals surface area contributed by atoms with Crippen molar-refractivity contribution in [3.63, 3.8) is 0 Å². The first-order chi connectivity index (χ1) is 12.1. The zero-order valence-electron chi connectivity index (χ0n) is 14.2. The van der Waals surface area contributed by atoms with Gasteiger partial charge in [-0.05, 0) is 30.2 Å². The van der Waals surface area contributed by atoms with E-state index in [1.54, 1.807) is 12.1 Å². The second-order valence-corrected chi connectivity index (χ2v) is 5.98. The van der Waals surface area contributed by atoms with E-state index in [4.69, 9.17) is 16.3 Å². The first-order valence-electron chi connectivity index (χ1n) is 8.05. The van der Waals surface area contributed by atoms with Gasteiger partial charge in [0, 0.05) is 5.02 Å². The van der Waals surface area contributed by atoms with Crippen LogP contribution >= 0.6 is 11.6 Å². The van der Waals surface area contributed by atoms with Crippen LogP contribution in [0, 0.1) is 0 Å². The largest absolute Gasteiger partial charge is 0.496 e. The highest BCUT2D eigenvalue weighted by Crippen LogP contribution is 2.23. The summed E-state index contributed by atoms with van der Waals surface area (Å²) in [6, 6.07) is 14.2. The molecule has 1 atom stereocenters. The van der Waals surface area contributed by atoms with E-state index in [0.717, 1.165) is 12.0 Å². The number of ether oxygens (including phenoxy) is 1. The molecule has 0 aromatic heterocycles. The van der Waals surface area contributed by atoms with Crippen LogP contribution in [-0.4, -0.2) is 18.9 Å².